The first-order valence-corrected chi connectivity index (χ1v) is 8.87. The number of allylic oxidation sites excluding steroid dienone is 7. The van der Waals surface area contributed by atoms with Crippen molar-refractivity contribution in [3.8, 4) is 11.8 Å². The molecule has 0 aliphatic rings. The number of nitrogens with two attached hydrogens (primary N) is 3. The van der Waals surface area contributed by atoms with E-state index in [4.69, 9.17) is 17.3 Å². The van der Waals surface area contributed by atoms with Crippen molar-refractivity contribution in [2.75, 3.05) is 5.73 Å². The number of amidine groups is 1. The molecular weight excluding hydrogens is 379 g/mol. The highest BCUT2D eigenvalue weighted by Crippen LogP contribution is 2.03. The summed E-state index contributed by atoms with van der Waals surface area (Å²) in [5, 5.41) is 0. The zero-order valence-corrected chi connectivity index (χ0v) is 17.5. The number of nitrogens with zero attached hydrogens (tertiary/aromatic N) is 2. The molecule has 1 aromatic heterocycles. The predicted molar refractivity (Wildman–Crippen MR) is 126 cm³/mol. The Morgan fingerprint density at radius 2 is 1.90 bits per heavy atom. The zero-order chi connectivity index (χ0) is 23.1. The van der Waals surface area contributed by atoms with Crippen LogP contribution in [0.1, 0.15) is 19.5 Å². The summed E-state index contributed by atoms with van der Waals surface area (Å²) in [7, 11) is 0. The summed E-state index contributed by atoms with van der Waals surface area (Å²) < 4.78 is 12.3. The summed E-state index contributed by atoms with van der Waals surface area (Å²) in [6.07, 6.45) is 7.37. The fourth-order valence-electron chi connectivity index (χ4n) is 1.71. The second-order valence-corrected chi connectivity index (χ2v) is 6.08. The molecule has 30 heavy (non-hydrogen) atoms. The van der Waals surface area contributed by atoms with Crippen LogP contribution in [0.15, 0.2) is 96.6 Å². The zero-order valence-electron chi connectivity index (χ0n) is 17.5. The number of aliphatic imine (C=N–C) groups is 1. The summed E-state index contributed by atoms with van der Waals surface area (Å²) >= 11 is 0. The van der Waals surface area contributed by atoms with Gasteiger partial charge in [0.15, 0.2) is 0 Å². The van der Waals surface area contributed by atoms with Crippen LogP contribution < -0.4 is 22.7 Å². The maximum absolute atomic E-state index is 12.3. The Balaban J connectivity index is 0.000000579. The first-order chi connectivity index (χ1) is 14.1. The smallest absolute Gasteiger partial charge is 0.144 e. The fraction of sp³-hybridized carbons (Fsp3) is 0.130. The molecule has 1 heterocycles. The number of hydrogen-bond acceptors (Lipinski definition) is 5. The lowest BCUT2D eigenvalue weighted by molar-refractivity contribution is 0.671. The van der Waals surface area contributed by atoms with Gasteiger partial charge in [0.2, 0.25) is 0 Å². The molecule has 0 saturated heterocycles. The second-order valence-electron chi connectivity index (χ2n) is 6.08. The molecule has 0 unspecified atom stereocenters. The third-order valence-corrected chi connectivity index (χ3v) is 3.05. The molecule has 6 nitrogen and oxygen atoms in total. The van der Waals surface area contributed by atoms with Gasteiger partial charge in [-0.15, -0.1) is 0 Å². The summed E-state index contributed by atoms with van der Waals surface area (Å²) in [5.74, 6) is 10.6. The topological polar surface area (TPSA) is 115 Å². The number of aromatic nitrogens is 1. The van der Waals surface area contributed by atoms with Crippen LogP contribution >= 0.6 is 0 Å². The van der Waals surface area contributed by atoms with Crippen LogP contribution in [0.25, 0.3) is 0 Å². The quantitative estimate of drug-likeness (QED) is 0.138. The molecule has 1 aromatic rings. The van der Waals surface area contributed by atoms with E-state index in [1.54, 1.807) is 30.5 Å². The van der Waals surface area contributed by atoms with Crippen molar-refractivity contribution in [3.05, 3.63) is 97.3 Å². The summed E-state index contributed by atoms with van der Waals surface area (Å²) in [4.78, 5) is 8.22. The standard InChI is InChI=1S/C14H15FN2.C9H14N4/c1-5-6-14(17-16)12(3)9-7-11(2)8-10-13(4)15;1-6(2)13-9(11)8-4-3-7(10)5-12-8/h5-6,8,10,17H,1-4,16H2;3-6H,10H2,1-2H3,(H2,11,13)/b10-8-,14-6+;. The summed E-state index contributed by atoms with van der Waals surface area (Å²) in [5.41, 5.74) is 16.4. The van der Waals surface area contributed by atoms with Crippen molar-refractivity contribution in [1.29, 1.82) is 0 Å². The molecule has 0 aliphatic carbocycles. The van der Waals surface area contributed by atoms with Crippen LogP contribution in [0.3, 0.4) is 0 Å². The van der Waals surface area contributed by atoms with Crippen molar-refractivity contribution in [3.63, 3.8) is 0 Å². The number of nitrogens with one attached hydrogen (secondary N) is 1. The van der Waals surface area contributed by atoms with Crippen molar-refractivity contribution in [2.45, 2.75) is 19.9 Å². The lowest BCUT2D eigenvalue weighted by Crippen LogP contribution is -2.21. The first-order valence-electron chi connectivity index (χ1n) is 8.87. The van der Waals surface area contributed by atoms with Gasteiger partial charge < -0.3 is 16.9 Å². The van der Waals surface area contributed by atoms with Crippen molar-refractivity contribution in [2.24, 2.45) is 16.6 Å². The van der Waals surface area contributed by atoms with Crippen molar-refractivity contribution < 1.29 is 4.39 Å². The minimum Gasteiger partial charge on any atom is -0.397 e. The van der Waals surface area contributed by atoms with Gasteiger partial charge in [0, 0.05) is 17.2 Å². The predicted octanol–water partition coefficient (Wildman–Crippen LogP) is 3.45. The highest BCUT2D eigenvalue weighted by atomic mass is 19.1. The third kappa shape index (κ3) is 11.7. The average Bonchev–Trinajstić information content (AvgIpc) is 2.69. The molecule has 7 N–H and O–H groups in total. The van der Waals surface area contributed by atoms with Crippen LogP contribution in [0.5, 0.6) is 0 Å². The van der Waals surface area contributed by atoms with Crippen LogP contribution in [0.2, 0.25) is 0 Å². The SMILES string of the molecule is C=C/C=C(/NN)C(=C)C#CC(=C)/C=C\C(=C)F.CC(C)N=C(N)c1ccc(N)cn1. The number of rotatable bonds is 7. The van der Waals surface area contributed by atoms with Gasteiger partial charge in [-0.2, -0.15) is 0 Å². The van der Waals surface area contributed by atoms with Crippen molar-refractivity contribution >= 4 is 11.5 Å². The van der Waals surface area contributed by atoms with E-state index in [-0.39, 0.29) is 6.04 Å². The third-order valence-electron chi connectivity index (χ3n) is 3.05. The van der Waals surface area contributed by atoms with E-state index in [9.17, 15) is 4.39 Å². The fourth-order valence-corrected chi connectivity index (χ4v) is 1.71. The van der Waals surface area contributed by atoms with E-state index in [1.165, 1.54) is 12.2 Å². The Morgan fingerprint density at radius 3 is 2.37 bits per heavy atom. The molecule has 1 rings (SSSR count). The normalized spacial score (nSPS) is 11.1. The Labute approximate surface area is 178 Å². The summed E-state index contributed by atoms with van der Waals surface area (Å²) in [6, 6.07) is 3.70. The van der Waals surface area contributed by atoms with E-state index >= 15 is 0 Å². The number of anilines is 1. The van der Waals surface area contributed by atoms with E-state index < -0.39 is 5.83 Å². The number of nitrogen functional groups attached to an aromatic ring is 1. The molecule has 0 saturated carbocycles. The summed E-state index contributed by atoms with van der Waals surface area (Å²) in [6.45, 7) is 17.9. The van der Waals surface area contributed by atoms with Crippen LogP contribution in [0.4, 0.5) is 10.1 Å². The van der Waals surface area contributed by atoms with Gasteiger partial charge in [-0.05, 0) is 44.2 Å². The largest absolute Gasteiger partial charge is 0.397 e. The molecule has 0 fully saturated rings. The molecule has 7 heteroatoms. The Bertz CT molecular complexity index is 909. The van der Waals surface area contributed by atoms with Gasteiger partial charge in [-0.1, -0.05) is 44.2 Å². The Morgan fingerprint density at radius 1 is 1.23 bits per heavy atom. The number of pyridine rings is 1. The maximum atomic E-state index is 12.3. The monoisotopic (exact) mass is 408 g/mol. The molecular formula is C23H29FN6. The molecule has 0 spiro atoms. The van der Waals surface area contributed by atoms with Gasteiger partial charge in [0.25, 0.3) is 0 Å². The van der Waals surface area contributed by atoms with Gasteiger partial charge in [-0.3, -0.25) is 15.8 Å². The molecule has 158 valence electrons. The lowest BCUT2D eigenvalue weighted by Gasteiger charge is -2.02. The molecule has 0 bridgehead atoms. The van der Waals surface area contributed by atoms with Crippen LogP contribution in [-0.4, -0.2) is 16.9 Å². The molecule has 0 radical (unpaired) electrons. The van der Waals surface area contributed by atoms with Gasteiger partial charge >= 0.3 is 0 Å². The minimum atomic E-state index is -0.553. The van der Waals surface area contributed by atoms with Gasteiger partial charge in [-0.25, -0.2) is 4.39 Å². The number of hydrogen-bond donors (Lipinski definition) is 4. The highest BCUT2D eigenvalue weighted by molar-refractivity contribution is 5.95. The van der Waals surface area contributed by atoms with Crippen LogP contribution in [-0.2, 0) is 0 Å². The maximum Gasteiger partial charge on any atom is 0.144 e. The number of halogens is 1. The minimum absolute atomic E-state index is 0.180. The lowest BCUT2D eigenvalue weighted by atomic mass is 10.2. The molecule has 0 aromatic carbocycles. The van der Waals surface area contributed by atoms with E-state index in [2.05, 4.69) is 53.6 Å². The Hall–Kier alpha value is -3.89. The molecule has 0 amide bonds. The van der Waals surface area contributed by atoms with E-state index in [0.29, 0.717) is 34.1 Å². The van der Waals surface area contributed by atoms with Crippen LogP contribution in [0, 0.1) is 11.8 Å². The Kier molecular flexibility index (Phi) is 12.3. The van der Waals surface area contributed by atoms with E-state index in [0.717, 1.165) is 0 Å². The molecule has 0 aliphatic heterocycles. The molecule has 0 atom stereocenters. The first kappa shape index (κ1) is 26.1. The number of hydrazine groups is 1. The van der Waals surface area contributed by atoms with Crippen molar-refractivity contribution in [1.82, 2.24) is 10.4 Å². The van der Waals surface area contributed by atoms with E-state index in [1.807, 2.05) is 13.8 Å². The van der Waals surface area contributed by atoms with Gasteiger partial charge in [0.05, 0.1) is 17.6 Å². The highest BCUT2D eigenvalue weighted by Gasteiger charge is 2.00. The second kappa shape index (κ2) is 14.2. The van der Waals surface area contributed by atoms with Gasteiger partial charge in [0.1, 0.15) is 17.4 Å². The average molecular weight is 409 g/mol.